The van der Waals surface area contributed by atoms with Crippen molar-refractivity contribution in [1.29, 1.82) is 0 Å². The molecule has 0 aliphatic rings. The first-order chi connectivity index (χ1) is 14.1. The molecule has 0 aliphatic carbocycles. The van der Waals surface area contributed by atoms with Gasteiger partial charge in [0, 0.05) is 28.0 Å². The topological polar surface area (TPSA) is 112 Å². The van der Waals surface area contributed by atoms with Gasteiger partial charge in [-0.2, -0.15) is 5.10 Å². The Kier molecular flexibility index (Phi) is 4.74. The number of methoxy groups -OCH3 is 1. The molecular formula is C21H18N4O4. The number of hydrazone groups is 1. The summed E-state index contributed by atoms with van der Waals surface area (Å²) in [4.78, 5) is 23.7. The van der Waals surface area contributed by atoms with Crippen LogP contribution >= 0.6 is 0 Å². The molecule has 0 fully saturated rings. The number of amides is 2. The lowest BCUT2D eigenvalue weighted by Crippen LogP contribution is -2.18. The highest BCUT2D eigenvalue weighted by Crippen LogP contribution is 2.28. The van der Waals surface area contributed by atoms with E-state index in [2.05, 4.69) is 10.5 Å². The second-order valence-corrected chi connectivity index (χ2v) is 6.38. The summed E-state index contributed by atoms with van der Waals surface area (Å²) in [6.07, 6.45) is 3.28. The first-order valence-electron chi connectivity index (χ1n) is 8.83. The normalized spacial score (nSPS) is 11.3. The van der Waals surface area contributed by atoms with Gasteiger partial charge in [-0.05, 0) is 18.2 Å². The Labute approximate surface area is 165 Å². The average molecular weight is 390 g/mol. The predicted octanol–water partition coefficient (Wildman–Crippen LogP) is 2.65. The lowest BCUT2D eigenvalue weighted by atomic mass is 10.2. The number of benzene rings is 2. The van der Waals surface area contributed by atoms with E-state index in [1.807, 2.05) is 36.4 Å². The van der Waals surface area contributed by atoms with E-state index in [1.165, 1.54) is 13.3 Å². The maximum atomic E-state index is 12.4. The zero-order valence-corrected chi connectivity index (χ0v) is 15.6. The van der Waals surface area contributed by atoms with Gasteiger partial charge in [-0.1, -0.05) is 30.3 Å². The number of hydrogen-bond donors (Lipinski definition) is 2. The van der Waals surface area contributed by atoms with E-state index in [9.17, 15) is 9.59 Å². The summed E-state index contributed by atoms with van der Waals surface area (Å²) in [7, 11) is 1.54. The Morgan fingerprint density at radius 1 is 1.24 bits per heavy atom. The van der Waals surface area contributed by atoms with Crippen molar-refractivity contribution >= 4 is 39.9 Å². The zero-order valence-electron chi connectivity index (χ0n) is 15.6. The van der Waals surface area contributed by atoms with Gasteiger partial charge in [0.15, 0.2) is 17.1 Å². The molecule has 0 saturated heterocycles. The van der Waals surface area contributed by atoms with Crippen LogP contribution in [0.1, 0.15) is 16.1 Å². The van der Waals surface area contributed by atoms with Gasteiger partial charge in [0.1, 0.15) is 6.54 Å². The van der Waals surface area contributed by atoms with Crippen molar-refractivity contribution in [2.45, 2.75) is 6.54 Å². The van der Waals surface area contributed by atoms with Crippen molar-refractivity contribution in [3.63, 3.8) is 0 Å². The van der Waals surface area contributed by atoms with Gasteiger partial charge < -0.3 is 19.5 Å². The smallest absolute Gasteiger partial charge is 0.307 e. The Morgan fingerprint density at radius 2 is 2.07 bits per heavy atom. The zero-order chi connectivity index (χ0) is 20.4. The third-order valence-electron chi connectivity index (χ3n) is 4.47. The minimum absolute atomic E-state index is 0.0571. The van der Waals surface area contributed by atoms with Gasteiger partial charge >= 0.3 is 5.91 Å². The number of carbonyl (C=O) groups excluding carboxylic acids is 2. The average Bonchev–Trinajstić information content (AvgIpc) is 3.30. The molecule has 29 heavy (non-hydrogen) atoms. The van der Waals surface area contributed by atoms with Crippen LogP contribution in [0.3, 0.4) is 0 Å². The predicted molar refractivity (Wildman–Crippen MR) is 109 cm³/mol. The lowest BCUT2D eigenvalue weighted by Gasteiger charge is -2.00. The fraction of sp³-hybridized carbons (Fsp3) is 0.0952. The summed E-state index contributed by atoms with van der Waals surface area (Å²) < 4.78 is 12.6. The summed E-state index contributed by atoms with van der Waals surface area (Å²) >= 11 is 0. The molecule has 2 amide bonds. The van der Waals surface area contributed by atoms with E-state index >= 15 is 0 Å². The van der Waals surface area contributed by atoms with Crippen LogP contribution in [0.15, 0.2) is 64.2 Å². The third kappa shape index (κ3) is 3.55. The molecule has 0 radical (unpaired) electrons. The Morgan fingerprint density at radius 3 is 2.86 bits per heavy atom. The Balaban J connectivity index is 1.56. The van der Waals surface area contributed by atoms with Crippen LogP contribution in [0.25, 0.3) is 21.9 Å². The first kappa shape index (κ1) is 18.3. The number of primary amides is 1. The molecule has 2 aromatic heterocycles. The third-order valence-corrected chi connectivity index (χ3v) is 4.47. The fourth-order valence-corrected chi connectivity index (χ4v) is 3.20. The molecular weight excluding hydrogens is 372 g/mol. The van der Waals surface area contributed by atoms with Crippen molar-refractivity contribution in [3.05, 3.63) is 66.1 Å². The summed E-state index contributed by atoms with van der Waals surface area (Å²) in [6.45, 7) is 0.0571. The van der Waals surface area contributed by atoms with Crippen LogP contribution in [-0.4, -0.2) is 29.7 Å². The SMILES string of the molecule is COc1cccc2cc(C(=O)NN=Cc3cn(CC(N)=O)c4ccccc34)oc12. The maximum Gasteiger partial charge on any atom is 0.307 e. The number of carbonyl (C=O) groups is 2. The van der Waals surface area contributed by atoms with Gasteiger partial charge in [-0.15, -0.1) is 0 Å². The van der Waals surface area contributed by atoms with E-state index < -0.39 is 11.8 Å². The number of nitrogens with two attached hydrogens (primary N) is 1. The van der Waals surface area contributed by atoms with Crippen LogP contribution in [0.5, 0.6) is 5.75 Å². The molecule has 4 aromatic rings. The number of fused-ring (bicyclic) bond motifs is 2. The van der Waals surface area contributed by atoms with E-state index in [4.69, 9.17) is 14.9 Å². The minimum Gasteiger partial charge on any atom is -0.493 e. The monoisotopic (exact) mass is 390 g/mol. The van der Waals surface area contributed by atoms with Crippen LogP contribution in [0.2, 0.25) is 0 Å². The molecule has 146 valence electrons. The molecule has 0 aliphatic heterocycles. The van der Waals surface area contributed by atoms with E-state index in [-0.39, 0.29) is 12.3 Å². The Bertz CT molecular complexity index is 1250. The molecule has 8 heteroatoms. The van der Waals surface area contributed by atoms with Crippen molar-refractivity contribution in [1.82, 2.24) is 9.99 Å². The quantitative estimate of drug-likeness (QED) is 0.389. The van der Waals surface area contributed by atoms with Gasteiger partial charge in [-0.3, -0.25) is 9.59 Å². The highest BCUT2D eigenvalue weighted by Gasteiger charge is 2.14. The molecule has 0 bridgehead atoms. The molecule has 0 unspecified atom stereocenters. The van der Waals surface area contributed by atoms with Gasteiger partial charge in [-0.25, -0.2) is 5.43 Å². The second-order valence-electron chi connectivity index (χ2n) is 6.38. The molecule has 4 rings (SSSR count). The van der Waals surface area contributed by atoms with E-state index in [1.54, 1.807) is 22.9 Å². The molecule has 0 atom stereocenters. The number of furan rings is 1. The van der Waals surface area contributed by atoms with Crippen LogP contribution < -0.4 is 15.9 Å². The highest BCUT2D eigenvalue weighted by atomic mass is 16.5. The molecule has 0 spiro atoms. The second kappa shape index (κ2) is 7.51. The number of aromatic nitrogens is 1. The summed E-state index contributed by atoms with van der Waals surface area (Å²) in [5.74, 6) is -0.256. The largest absolute Gasteiger partial charge is 0.493 e. The van der Waals surface area contributed by atoms with E-state index in [0.717, 1.165) is 21.9 Å². The van der Waals surface area contributed by atoms with Crippen molar-refractivity contribution < 1.29 is 18.7 Å². The molecule has 2 aromatic carbocycles. The lowest BCUT2D eigenvalue weighted by molar-refractivity contribution is -0.118. The highest BCUT2D eigenvalue weighted by molar-refractivity contribution is 6.01. The molecule has 0 saturated carbocycles. The number of nitrogens with zero attached hydrogens (tertiary/aromatic N) is 2. The van der Waals surface area contributed by atoms with E-state index in [0.29, 0.717) is 11.3 Å². The molecule has 8 nitrogen and oxygen atoms in total. The van der Waals surface area contributed by atoms with Gasteiger partial charge in [0.25, 0.3) is 0 Å². The molecule has 2 heterocycles. The fourth-order valence-electron chi connectivity index (χ4n) is 3.20. The summed E-state index contributed by atoms with van der Waals surface area (Å²) in [5.41, 5.74) is 9.86. The standard InChI is InChI=1S/C21H18N4O4/c1-28-17-8-4-5-13-9-18(29-20(13)17)21(27)24-23-10-14-11-25(12-19(22)26)16-7-3-2-6-15(14)16/h2-11H,12H2,1H3,(H2,22,26)(H,24,27). The first-order valence-corrected chi connectivity index (χ1v) is 8.83. The van der Waals surface area contributed by atoms with Gasteiger partial charge in [0.2, 0.25) is 5.91 Å². The minimum atomic E-state index is -0.486. The number of rotatable bonds is 6. The number of nitrogens with one attached hydrogen (secondary N) is 1. The van der Waals surface area contributed by atoms with Crippen LogP contribution in [0.4, 0.5) is 0 Å². The van der Waals surface area contributed by atoms with Crippen molar-refractivity contribution in [2.75, 3.05) is 7.11 Å². The number of ether oxygens (including phenoxy) is 1. The van der Waals surface area contributed by atoms with Gasteiger partial charge in [0.05, 0.1) is 13.3 Å². The summed E-state index contributed by atoms with van der Waals surface area (Å²) in [6, 6.07) is 14.6. The van der Waals surface area contributed by atoms with Crippen molar-refractivity contribution in [3.8, 4) is 5.75 Å². The summed E-state index contributed by atoms with van der Waals surface area (Å²) in [5, 5.41) is 5.67. The van der Waals surface area contributed by atoms with Crippen molar-refractivity contribution in [2.24, 2.45) is 10.8 Å². The Hall–Kier alpha value is -4.07. The number of hydrogen-bond acceptors (Lipinski definition) is 5. The molecule has 3 N–H and O–H groups in total. The number of para-hydroxylation sites is 2. The van der Waals surface area contributed by atoms with Crippen LogP contribution in [0, 0.1) is 0 Å². The van der Waals surface area contributed by atoms with Crippen LogP contribution in [-0.2, 0) is 11.3 Å². The maximum absolute atomic E-state index is 12.4.